The molecule has 32 heavy (non-hydrogen) atoms. The minimum Gasteiger partial charge on any atom is -0.476 e. The van der Waals surface area contributed by atoms with Crippen molar-refractivity contribution in [3.8, 4) is 5.88 Å². The molecule has 8 nitrogen and oxygen atoms in total. The van der Waals surface area contributed by atoms with Gasteiger partial charge in [0.2, 0.25) is 11.8 Å². The van der Waals surface area contributed by atoms with E-state index in [0.717, 1.165) is 70.2 Å². The Morgan fingerprint density at radius 1 is 1.22 bits per heavy atom. The van der Waals surface area contributed by atoms with E-state index in [1.54, 1.807) is 6.21 Å². The molecule has 1 saturated heterocycles. The first-order valence-corrected chi connectivity index (χ1v) is 12.0. The average molecular weight is 446 g/mol. The largest absolute Gasteiger partial charge is 0.476 e. The summed E-state index contributed by atoms with van der Waals surface area (Å²) in [5.41, 5.74) is 4.86. The molecular weight excluding hydrogens is 406 g/mol. The first-order chi connectivity index (χ1) is 15.6. The first-order valence-electron chi connectivity index (χ1n) is 12.0. The molecule has 1 aromatic rings. The highest BCUT2D eigenvalue weighted by Gasteiger charge is 2.20. The third-order valence-electron chi connectivity index (χ3n) is 5.76. The predicted molar refractivity (Wildman–Crippen MR) is 128 cm³/mol. The van der Waals surface area contributed by atoms with E-state index in [9.17, 15) is 0 Å². The van der Waals surface area contributed by atoms with E-state index < -0.39 is 0 Å². The van der Waals surface area contributed by atoms with E-state index in [1.165, 1.54) is 0 Å². The summed E-state index contributed by atoms with van der Waals surface area (Å²) in [6.07, 6.45) is 6.12. The van der Waals surface area contributed by atoms with Gasteiger partial charge in [0.05, 0.1) is 25.1 Å². The number of hydrogen-bond donors (Lipinski definition) is 1. The number of ether oxygens (including phenoxy) is 3. The standard InChI is InChI=1S/C24H39N5O3/c1-5-7-29(8-6-2)22-16-21(18-25-27-24-15-19(3)20(4)32-24)26-23(17-22)31-14-11-28-9-12-30-13-10-28/h15-20,27H,5-14H2,1-4H3/b25-18+. The van der Waals surface area contributed by atoms with E-state index in [-0.39, 0.29) is 6.10 Å². The molecule has 0 aliphatic carbocycles. The summed E-state index contributed by atoms with van der Waals surface area (Å²) in [7, 11) is 0. The van der Waals surface area contributed by atoms with Gasteiger partial charge in [-0.1, -0.05) is 20.8 Å². The number of morpholine rings is 1. The normalized spacial score (nSPS) is 21.4. The summed E-state index contributed by atoms with van der Waals surface area (Å²) in [4.78, 5) is 9.41. The summed E-state index contributed by atoms with van der Waals surface area (Å²) >= 11 is 0. The van der Waals surface area contributed by atoms with Crippen molar-refractivity contribution in [1.82, 2.24) is 15.3 Å². The predicted octanol–water partition coefficient (Wildman–Crippen LogP) is 3.24. The molecule has 2 atom stereocenters. The number of hydrazone groups is 1. The number of hydrogen-bond acceptors (Lipinski definition) is 8. The van der Waals surface area contributed by atoms with Gasteiger partial charge in [0.15, 0.2) is 0 Å². The Kier molecular flexibility index (Phi) is 9.62. The highest BCUT2D eigenvalue weighted by Crippen LogP contribution is 2.22. The number of nitrogens with one attached hydrogen (secondary N) is 1. The van der Waals surface area contributed by atoms with Gasteiger partial charge >= 0.3 is 0 Å². The Hall–Kier alpha value is -2.32. The Morgan fingerprint density at radius 2 is 1.97 bits per heavy atom. The van der Waals surface area contributed by atoms with E-state index in [0.29, 0.717) is 24.3 Å². The second-order valence-electron chi connectivity index (χ2n) is 8.46. The molecule has 0 radical (unpaired) electrons. The van der Waals surface area contributed by atoms with Crippen LogP contribution in [0.1, 0.15) is 46.2 Å². The van der Waals surface area contributed by atoms with Gasteiger partial charge in [-0.25, -0.2) is 10.4 Å². The Bertz CT molecular complexity index is 758. The van der Waals surface area contributed by atoms with E-state index >= 15 is 0 Å². The van der Waals surface area contributed by atoms with Crippen molar-refractivity contribution >= 4 is 11.9 Å². The third kappa shape index (κ3) is 7.38. The van der Waals surface area contributed by atoms with E-state index in [2.05, 4.69) is 65.1 Å². The zero-order valence-electron chi connectivity index (χ0n) is 20.0. The van der Waals surface area contributed by atoms with Crippen LogP contribution in [0.25, 0.3) is 0 Å². The van der Waals surface area contributed by atoms with Crippen LogP contribution < -0.4 is 15.1 Å². The lowest BCUT2D eigenvalue weighted by atomic mass is 10.1. The molecule has 0 aromatic carbocycles. The minimum absolute atomic E-state index is 0.164. The van der Waals surface area contributed by atoms with Gasteiger partial charge in [-0.2, -0.15) is 5.10 Å². The molecule has 0 saturated carbocycles. The Morgan fingerprint density at radius 3 is 2.62 bits per heavy atom. The fourth-order valence-electron chi connectivity index (χ4n) is 3.79. The molecule has 0 spiro atoms. The van der Waals surface area contributed by atoms with Crippen molar-refractivity contribution in [3.05, 3.63) is 29.8 Å². The van der Waals surface area contributed by atoms with Crippen LogP contribution in [0.15, 0.2) is 29.2 Å². The summed E-state index contributed by atoms with van der Waals surface area (Å²) in [5, 5.41) is 4.35. The van der Waals surface area contributed by atoms with Gasteiger partial charge in [-0.3, -0.25) is 4.90 Å². The summed E-state index contributed by atoms with van der Waals surface area (Å²) in [6.45, 7) is 15.6. The molecule has 178 valence electrons. The molecule has 3 heterocycles. The van der Waals surface area contributed by atoms with Gasteiger partial charge in [0, 0.05) is 50.4 Å². The highest BCUT2D eigenvalue weighted by molar-refractivity contribution is 5.79. The summed E-state index contributed by atoms with van der Waals surface area (Å²) in [5.74, 6) is 1.70. The van der Waals surface area contributed by atoms with Gasteiger partial charge in [-0.05, 0) is 31.9 Å². The monoisotopic (exact) mass is 445 g/mol. The SMILES string of the molecule is CCCN(CCC)c1cc(/C=N/NC2=CC(C)C(C)O2)nc(OCCN2CCOCC2)c1. The molecule has 2 aliphatic heterocycles. The quantitative estimate of drug-likeness (QED) is 0.391. The first kappa shape index (κ1) is 24.3. The van der Waals surface area contributed by atoms with Crippen LogP contribution >= 0.6 is 0 Å². The average Bonchev–Trinajstić information content (AvgIpc) is 3.11. The number of nitrogens with zero attached hydrogens (tertiary/aromatic N) is 4. The van der Waals surface area contributed by atoms with Crippen LogP contribution in [0, 0.1) is 5.92 Å². The molecule has 0 amide bonds. The fourth-order valence-corrected chi connectivity index (χ4v) is 3.79. The molecule has 2 aliphatic rings. The maximum absolute atomic E-state index is 6.07. The smallest absolute Gasteiger partial charge is 0.215 e. The number of rotatable bonds is 12. The topological polar surface area (TPSA) is 71.5 Å². The lowest BCUT2D eigenvalue weighted by Crippen LogP contribution is -2.38. The van der Waals surface area contributed by atoms with E-state index in [4.69, 9.17) is 14.2 Å². The lowest BCUT2D eigenvalue weighted by molar-refractivity contribution is 0.0320. The van der Waals surface area contributed by atoms with Gasteiger partial charge in [0.25, 0.3) is 0 Å². The van der Waals surface area contributed by atoms with Crippen LogP contribution in [0.5, 0.6) is 5.88 Å². The minimum atomic E-state index is 0.164. The van der Waals surface area contributed by atoms with Gasteiger partial charge in [0.1, 0.15) is 12.7 Å². The molecule has 8 heteroatoms. The molecular formula is C24H39N5O3. The molecule has 1 fully saturated rings. The van der Waals surface area contributed by atoms with Gasteiger partial charge < -0.3 is 19.1 Å². The van der Waals surface area contributed by atoms with Crippen molar-refractivity contribution in [2.75, 3.05) is 57.4 Å². The number of aromatic nitrogens is 1. The van der Waals surface area contributed by atoms with Crippen molar-refractivity contribution in [1.29, 1.82) is 0 Å². The number of pyridine rings is 1. The number of anilines is 1. The summed E-state index contributed by atoms with van der Waals surface area (Å²) < 4.78 is 17.2. The van der Waals surface area contributed by atoms with Crippen LogP contribution in [-0.2, 0) is 9.47 Å². The maximum Gasteiger partial charge on any atom is 0.215 e. The zero-order valence-corrected chi connectivity index (χ0v) is 20.0. The third-order valence-corrected chi connectivity index (χ3v) is 5.76. The van der Waals surface area contributed by atoms with Crippen molar-refractivity contribution in [2.24, 2.45) is 11.0 Å². The highest BCUT2D eigenvalue weighted by atomic mass is 16.5. The Balaban J connectivity index is 1.68. The molecule has 2 unspecified atom stereocenters. The van der Waals surface area contributed by atoms with E-state index in [1.807, 2.05) is 6.07 Å². The molecule has 1 aromatic heterocycles. The second-order valence-corrected chi connectivity index (χ2v) is 8.46. The van der Waals surface area contributed by atoms with Crippen LogP contribution in [0.2, 0.25) is 0 Å². The fraction of sp³-hybridized carbons (Fsp3) is 0.667. The second kappa shape index (κ2) is 12.6. The maximum atomic E-state index is 6.07. The summed E-state index contributed by atoms with van der Waals surface area (Å²) in [6, 6.07) is 4.11. The van der Waals surface area contributed by atoms with Gasteiger partial charge in [-0.15, -0.1) is 0 Å². The van der Waals surface area contributed by atoms with Crippen LogP contribution in [0.3, 0.4) is 0 Å². The molecule has 0 bridgehead atoms. The van der Waals surface area contributed by atoms with Crippen LogP contribution in [-0.4, -0.2) is 74.7 Å². The van der Waals surface area contributed by atoms with Crippen molar-refractivity contribution in [3.63, 3.8) is 0 Å². The van der Waals surface area contributed by atoms with Crippen LogP contribution in [0.4, 0.5) is 5.69 Å². The van der Waals surface area contributed by atoms with Crippen molar-refractivity contribution < 1.29 is 14.2 Å². The molecule has 3 rings (SSSR count). The lowest BCUT2D eigenvalue weighted by Gasteiger charge is -2.26. The Labute approximate surface area is 192 Å². The zero-order chi connectivity index (χ0) is 22.8. The molecule has 1 N–H and O–H groups in total. The van der Waals surface area contributed by atoms with Crippen molar-refractivity contribution in [2.45, 2.75) is 46.6 Å².